The normalized spacial score (nSPS) is 12.0. The Hall–Kier alpha value is -3.04. The molecule has 3 aromatic rings. The van der Waals surface area contributed by atoms with Gasteiger partial charge in [-0.05, 0) is 61.7 Å². The molecule has 0 spiro atoms. The first-order valence-corrected chi connectivity index (χ1v) is 11.4. The second-order valence-electron chi connectivity index (χ2n) is 7.18. The molecule has 0 unspecified atom stereocenters. The van der Waals surface area contributed by atoms with Crippen LogP contribution in [0.1, 0.15) is 58.1 Å². The van der Waals surface area contributed by atoms with Crippen molar-refractivity contribution in [3.63, 3.8) is 0 Å². The molecule has 0 bridgehead atoms. The molecule has 0 saturated carbocycles. The number of nitrogens with zero attached hydrogens (tertiary/aromatic N) is 1. The van der Waals surface area contributed by atoms with E-state index in [0.29, 0.717) is 5.02 Å². The van der Waals surface area contributed by atoms with Crippen LogP contribution < -0.4 is 4.74 Å². The Morgan fingerprint density at radius 2 is 1.62 bits per heavy atom. The van der Waals surface area contributed by atoms with Crippen molar-refractivity contribution in [3.8, 4) is 17.0 Å². The van der Waals surface area contributed by atoms with Gasteiger partial charge in [-0.2, -0.15) is 0 Å². The first-order valence-electron chi connectivity index (χ1n) is 11.0. The summed E-state index contributed by atoms with van der Waals surface area (Å²) in [5.74, 6) is 1.64. The van der Waals surface area contributed by atoms with Gasteiger partial charge in [-0.1, -0.05) is 80.4 Å². The zero-order valence-corrected chi connectivity index (χ0v) is 20.6. The number of allylic oxidation sites excluding steroid dienone is 4. The van der Waals surface area contributed by atoms with Crippen LogP contribution in [-0.4, -0.2) is 17.1 Å². The lowest BCUT2D eigenvalue weighted by Crippen LogP contribution is -1.86. The highest BCUT2D eigenvalue weighted by atomic mass is 35.5. The zero-order valence-electron chi connectivity index (χ0n) is 19.9. The van der Waals surface area contributed by atoms with Crippen LogP contribution >= 0.6 is 11.6 Å². The van der Waals surface area contributed by atoms with Crippen molar-refractivity contribution in [2.45, 2.75) is 41.0 Å². The van der Waals surface area contributed by atoms with Gasteiger partial charge in [0.1, 0.15) is 11.6 Å². The molecule has 32 heavy (non-hydrogen) atoms. The zero-order chi connectivity index (χ0) is 23.5. The maximum atomic E-state index is 6.08. The van der Waals surface area contributed by atoms with E-state index in [9.17, 15) is 0 Å². The number of nitrogens with one attached hydrogen (secondary N) is 1. The molecule has 0 atom stereocenters. The van der Waals surface area contributed by atoms with Crippen LogP contribution in [0, 0.1) is 0 Å². The average Bonchev–Trinajstić information content (AvgIpc) is 3.27. The van der Waals surface area contributed by atoms with E-state index in [-0.39, 0.29) is 0 Å². The molecule has 1 N–H and O–H groups in total. The summed E-state index contributed by atoms with van der Waals surface area (Å²) in [4.78, 5) is 8.33. The highest BCUT2D eigenvalue weighted by Gasteiger charge is 2.12. The maximum absolute atomic E-state index is 6.08. The largest absolute Gasteiger partial charge is 0.497 e. The third-order valence-corrected chi connectivity index (χ3v) is 5.21. The van der Waals surface area contributed by atoms with Gasteiger partial charge in [0.15, 0.2) is 0 Å². The van der Waals surface area contributed by atoms with Crippen molar-refractivity contribution >= 4 is 29.3 Å². The Bertz CT molecular complexity index is 1070. The number of rotatable bonds is 7. The summed E-state index contributed by atoms with van der Waals surface area (Å²) in [6.45, 7) is 10.4. The Morgan fingerprint density at radius 1 is 0.969 bits per heavy atom. The standard InChI is InChI=1S/C26H27ClN2O.C2H6/c1-5-18(2)6-7-19(3)25-26(21-11-13-22(27)14-12-21)29-24(28-25)17-10-20-8-15-23(30-4)16-9-20;1-2/h6-17H,5H2,1-4H3,(H,28,29);1-2H3/b17-10+,18-6-,19-7+;. The van der Waals surface area contributed by atoms with Crippen molar-refractivity contribution in [1.82, 2.24) is 9.97 Å². The Kier molecular flexibility index (Phi) is 10.0. The van der Waals surface area contributed by atoms with E-state index < -0.39 is 0 Å². The summed E-state index contributed by atoms with van der Waals surface area (Å²) >= 11 is 6.08. The molecule has 1 aromatic heterocycles. The van der Waals surface area contributed by atoms with Crippen LogP contribution in [0.3, 0.4) is 0 Å². The first-order chi connectivity index (χ1) is 15.5. The van der Waals surface area contributed by atoms with Crippen LogP contribution in [0.4, 0.5) is 0 Å². The number of hydrogen-bond acceptors (Lipinski definition) is 2. The van der Waals surface area contributed by atoms with Gasteiger partial charge in [0.2, 0.25) is 0 Å². The number of imidazole rings is 1. The van der Waals surface area contributed by atoms with Gasteiger partial charge < -0.3 is 9.72 Å². The molecule has 0 aliphatic carbocycles. The van der Waals surface area contributed by atoms with Crippen LogP contribution in [0.25, 0.3) is 29.0 Å². The van der Waals surface area contributed by atoms with Crippen LogP contribution in [-0.2, 0) is 0 Å². The summed E-state index contributed by atoms with van der Waals surface area (Å²) in [6, 6.07) is 15.7. The molecule has 0 radical (unpaired) electrons. The van der Waals surface area contributed by atoms with E-state index in [1.54, 1.807) is 7.11 Å². The molecular formula is C28H33ClN2O. The number of aromatic amines is 1. The van der Waals surface area contributed by atoms with Gasteiger partial charge in [0, 0.05) is 10.6 Å². The van der Waals surface area contributed by atoms with Gasteiger partial charge >= 0.3 is 0 Å². The van der Waals surface area contributed by atoms with Crippen molar-refractivity contribution in [1.29, 1.82) is 0 Å². The van der Waals surface area contributed by atoms with E-state index in [2.05, 4.69) is 37.9 Å². The molecule has 3 rings (SSSR count). The highest BCUT2D eigenvalue weighted by molar-refractivity contribution is 6.30. The summed E-state index contributed by atoms with van der Waals surface area (Å²) in [5, 5.41) is 0.716. The Balaban J connectivity index is 0.00000176. The highest BCUT2D eigenvalue weighted by Crippen LogP contribution is 2.29. The minimum Gasteiger partial charge on any atom is -0.497 e. The van der Waals surface area contributed by atoms with Gasteiger partial charge in [0.05, 0.1) is 18.5 Å². The average molecular weight is 449 g/mol. The first kappa shape index (κ1) is 25.2. The SMILES string of the molecule is CC.CC/C(C)=C\C=C(/C)c1nc(/C=C/c2ccc(OC)cc2)[nH]c1-c1ccc(Cl)cc1. The predicted molar refractivity (Wildman–Crippen MR) is 140 cm³/mol. The molecule has 168 valence electrons. The molecular weight excluding hydrogens is 416 g/mol. The molecule has 2 aromatic carbocycles. The van der Waals surface area contributed by atoms with Crippen molar-refractivity contribution in [3.05, 3.63) is 88.4 Å². The summed E-state index contributed by atoms with van der Waals surface area (Å²) in [6.07, 6.45) is 9.34. The minimum atomic E-state index is 0.716. The third-order valence-electron chi connectivity index (χ3n) is 4.95. The van der Waals surface area contributed by atoms with Crippen molar-refractivity contribution in [2.75, 3.05) is 7.11 Å². The topological polar surface area (TPSA) is 37.9 Å². The van der Waals surface area contributed by atoms with E-state index in [1.165, 1.54) is 5.57 Å². The van der Waals surface area contributed by atoms with E-state index in [1.807, 2.05) is 74.5 Å². The number of methoxy groups -OCH3 is 1. The third kappa shape index (κ3) is 7.00. The van der Waals surface area contributed by atoms with Gasteiger partial charge in [0.25, 0.3) is 0 Å². The second kappa shape index (κ2) is 12.7. The summed E-state index contributed by atoms with van der Waals surface area (Å²) in [7, 11) is 1.67. The smallest absolute Gasteiger partial charge is 0.131 e. The van der Waals surface area contributed by atoms with Gasteiger partial charge in [-0.3, -0.25) is 0 Å². The van der Waals surface area contributed by atoms with E-state index in [0.717, 1.165) is 46.1 Å². The van der Waals surface area contributed by atoms with Gasteiger partial charge in [-0.15, -0.1) is 0 Å². The number of H-pyrrole nitrogens is 1. The lowest BCUT2D eigenvalue weighted by molar-refractivity contribution is 0.415. The summed E-state index contributed by atoms with van der Waals surface area (Å²) in [5.41, 5.74) is 6.49. The molecule has 0 aliphatic rings. The number of benzene rings is 2. The Labute approximate surface area is 197 Å². The van der Waals surface area contributed by atoms with Gasteiger partial charge in [-0.25, -0.2) is 4.98 Å². The predicted octanol–water partition coefficient (Wildman–Crippen LogP) is 8.69. The number of aromatic nitrogens is 2. The number of hydrogen-bond donors (Lipinski definition) is 1. The monoisotopic (exact) mass is 448 g/mol. The lowest BCUT2D eigenvalue weighted by Gasteiger charge is -2.03. The molecule has 0 amide bonds. The quantitative estimate of drug-likeness (QED) is 0.367. The fraction of sp³-hybridized carbons (Fsp3) is 0.250. The molecule has 4 heteroatoms. The fourth-order valence-corrected chi connectivity index (χ4v) is 3.06. The Morgan fingerprint density at radius 3 is 2.22 bits per heavy atom. The van der Waals surface area contributed by atoms with Crippen LogP contribution in [0.5, 0.6) is 5.75 Å². The molecule has 0 aliphatic heterocycles. The molecule has 1 heterocycles. The van der Waals surface area contributed by atoms with Crippen LogP contribution in [0.15, 0.2) is 66.3 Å². The maximum Gasteiger partial charge on any atom is 0.131 e. The molecule has 0 fully saturated rings. The van der Waals surface area contributed by atoms with Crippen molar-refractivity contribution in [2.24, 2.45) is 0 Å². The number of ether oxygens (including phenoxy) is 1. The van der Waals surface area contributed by atoms with E-state index in [4.69, 9.17) is 21.3 Å². The van der Waals surface area contributed by atoms with Crippen LogP contribution in [0.2, 0.25) is 5.02 Å². The van der Waals surface area contributed by atoms with E-state index >= 15 is 0 Å². The second-order valence-corrected chi connectivity index (χ2v) is 7.61. The minimum absolute atomic E-state index is 0.716. The number of halogens is 1. The lowest BCUT2D eigenvalue weighted by atomic mass is 10.1. The molecule has 3 nitrogen and oxygen atoms in total. The molecule has 0 saturated heterocycles. The van der Waals surface area contributed by atoms with Crippen molar-refractivity contribution < 1.29 is 4.74 Å². The summed E-state index contributed by atoms with van der Waals surface area (Å²) < 4.78 is 5.22. The fourth-order valence-electron chi connectivity index (χ4n) is 2.94.